The zero-order chi connectivity index (χ0) is 17.0. The summed E-state index contributed by atoms with van der Waals surface area (Å²) >= 11 is 0. The fourth-order valence-corrected chi connectivity index (χ4v) is 4.16. The molecule has 2 rings (SSSR count). The molecule has 0 bridgehead atoms. The van der Waals surface area contributed by atoms with Crippen molar-refractivity contribution in [2.24, 2.45) is 11.8 Å². The van der Waals surface area contributed by atoms with E-state index in [0.717, 1.165) is 51.5 Å². The minimum atomic E-state index is -0.467. The summed E-state index contributed by atoms with van der Waals surface area (Å²) in [6, 6.07) is 0.136. The molecule has 0 radical (unpaired) electrons. The average molecular weight is 325 g/mol. The van der Waals surface area contributed by atoms with Crippen LogP contribution in [0.15, 0.2) is 0 Å². The number of carbonyl (C=O) groups is 1. The smallest absolute Gasteiger partial charge is 0.410 e. The molecule has 4 unspecified atom stereocenters. The molecule has 1 amide bonds. The largest absolute Gasteiger partial charge is 0.444 e. The third kappa shape index (κ3) is 5.10. The molecule has 1 heterocycles. The van der Waals surface area contributed by atoms with Gasteiger partial charge in [-0.05, 0) is 52.4 Å². The summed E-state index contributed by atoms with van der Waals surface area (Å²) in [7, 11) is 0. The molecule has 4 atom stereocenters. The highest BCUT2D eigenvalue weighted by molar-refractivity contribution is 5.68. The van der Waals surface area contributed by atoms with Crippen LogP contribution in [0.1, 0.15) is 79.1 Å². The lowest BCUT2D eigenvalue weighted by Gasteiger charge is -2.44. The molecule has 23 heavy (non-hydrogen) atoms. The Hall–Kier alpha value is -0.770. The standard InChI is InChI=1S/C19H35NO3/c1-5-14-11-12-20(18(22)23-19(2,3)4)16(13-14)15-9-7-6-8-10-17(15)21/h14-17,21H,5-13H2,1-4H3. The van der Waals surface area contributed by atoms with Crippen molar-refractivity contribution in [3.8, 4) is 0 Å². The van der Waals surface area contributed by atoms with Crippen LogP contribution in [0.2, 0.25) is 0 Å². The van der Waals surface area contributed by atoms with Crippen molar-refractivity contribution < 1.29 is 14.6 Å². The van der Waals surface area contributed by atoms with Crippen LogP contribution in [-0.4, -0.2) is 40.4 Å². The Morgan fingerprint density at radius 1 is 1.17 bits per heavy atom. The number of hydrogen-bond acceptors (Lipinski definition) is 3. The quantitative estimate of drug-likeness (QED) is 0.768. The van der Waals surface area contributed by atoms with E-state index in [-0.39, 0.29) is 24.2 Å². The van der Waals surface area contributed by atoms with Crippen LogP contribution in [-0.2, 0) is 4.74 Å². The first-order chi connectivity index (χ1) is 10.8. The van der Waals surface area contributed by atoms with Crippen molar-refractivity contribution in [1.29, 1.82) is 0 Å². The Bertz CT molecular complexity index is 391. The van der Waals surface area contributed by atoms with Gasteiger partial charge >= 0.3 is 6.09 Å². The summed E-state index contributed by atoms with van der Waals surface area (Å²) in [6.45, 7) is 8.74. The Balaban J connectivity index is 2.15. The molecule has 2 fully saturated rings. The van der Waals surface area contributed by atoms with Gasteiger partial charge in [0.1, 0.15) is 5.60 Å². The number of aliphatic hydroxyl groups excluding tert-OH is 1. The van der Waals surface area contributed by atoms with E-state index in [0.29, 0.717) is 5.92 Å². The van der Waals surface area contributed by atoms with Gasteiger partial charge in [0.05, 0.1) is 6.10 Å². The van der Waals surface area contributed by atoms with Gasteiger partial charge in [0.2, 0.25) is 0 Å². The third-order valence-corrected chi connectivity index (χ3v) is 5.48. The highest BCUT2D eigenvalue weighted by atomic mass is 16.6. The van der Waals surface area contributed by atoms with E-state index in [1.54, 1.807) is 0 Å². The van der Waals surface area contributed by atoms with Crippen molar-refractivity contribution in [3.05, 3.63) is 0 Å². The zero-order valence-corrected chi connectivity index (χ0v) is 15.4. The molecule has 4 nitrogen and oxygen atoms in total. The van der Waals surface area contributed by atoms with Gasteiger partial charge < -0.3 is 14.7 Å². The zero-order valence-electron chi connectivity index (χ0n) is 15.4. The van der Waals surface area contributed by atoms with E-state index in [1.165, 1.54) is 6.42 Å². The Labute approximate surface area is 141 Å². The van der Waals surface area contributed by atoms with Crippen LogP contribution in [0.3, 0.4) is 0 Å². The Morgan fingerprint density at radius 2 is 1.87 bits per heavy atom. The number of hydrogen-bond donors (Lipinski definition) is 1. The molecule has 1 aliphatic carbocycles. The van der Waals surface area contributed by atoms with Crippen LogP contribution < -0.4 is 0 Å². The molecular weight excluding hydrogens is 290 g/mol. The summed E-state index contributed by atoms with van der Waals surface area (Å²) in [4.78, 5) is 14.6. The maximum atomic E-state index is 12.7. The molecule has 0 aromatic carbocycles. The molecule has 4 heteroatoms. The van der Waals surface area contributed by atoms with E-state index in [2.05, 4.69) is 6.92 Å². The summed E-state index contributed by atoms with van der Waals surface area (Å²) in [6.07, 6.45) is 8.11. The first-order valence-electron chi connectivity index (χ1n) is 9.49. The van der Waals surface area contributed by atoms with Crippen LogP contribution in [0.25, 0.3) is 0 Å². The molecule has 1 saturated carbocycles. The van der Waals surface area contributed by atoms with E-state index >= 15 is 0 Å². The van der Waals surface area contributed by atoms with Gasteiger partial charge in [-0.2, -0.15) is 0 Å². The van der Waals surface area contributed by atoms with Gasteiger partial charge in [-0.15, -0.1) is 0 Å². The monoisotopic (exact) mass is 325 g/mol. The molecule has 134 valence electrons. The molecule has 2 aliphatic rings. The van der Waals surface area contributed by atoms with E-state index in [9.17, 15) is 9.90 Å². The second-order valence-corrected chi connectivity index (χ2v) is 8.41. The first kappa shape index (κ1) is 18.6. The van der Waals surface area contributed by atoms with Gasteiger partial charge in [-0.25, -0.2) is 4.79 Å². The number of ether oxygens (including phenoxy) is 1. The summed E-state index contributed by atoms with van der Waals surface area (Å²) in [5, 5.41) is 10.6. The van der Waals surface area contributed by atoms with E-state index in [1.807, 2.05) is 25.7 Å². The molecule has 0 aromatic rings. The lowest BCUT2D eigenvalue weighted by molar-refractivity contribution is -0.0261. The summed E-state index contributed by atoms with van der Waals surface area (Å²) < 4.78 is 5.64. The van der Waals surface area contributed by atoms with Crippen molar-refractivity contribution in [3.63, 3.8) is 0 Å². The maximum absolute atomic E-state index is 12.7. The van der Waals surface area contributed by atoms with Gasteiger partial charge in [-0.3, -0.25) is 0 Å². The number of carbonyl (C=O) groups excluding carboxylic acids is 1. The fraction of sp³-hybridized carbons (Fsp3) is 0.947. The Morgan fingerprint density at radius 3 is 2.52 bits per heavy atom. The molecule has 1 saturated heterocycles. The first-order valence-corrected chi connectivity index (χ1v) is 9.49. The molecule has 0 spiro atoms. The molecule has 1 aliphatic heterocycles. The number of piperidine rings is 1. The highest BCUT2D eigenvalue weighted by Gasteiger charge is 2.40. The van der Waals surface area contributed by atoms with E-state index in [4.69, 9.17) is 4.74 Å². The average Bonchev–Trinajstić information content (AvgIpc) is 2.69. The van der Waals surface area contributed by atoms with Crippen LogP contribution in [0.4, 0.5) is 4.79 Å². The number of aliphatic hydroxyl groups is 1. The predicted octanol–water partition coefficient (Wildman–Crippen LogP) is 4.35. The summed E-state index contributed by atoms with van der Waals surface area (Å²) in [5.74, 6) is 0.869. The van der Waals surface area contributed by atoms with Gasteiger partial charge in [0.25, 0.3) is 0 Å². The maximum Gasteiger partial charge on any atom is 0.410 e. The van der Waals surface area contributed by atoms with E-state index < -0.39 is 5.60 Å². The highest BCUT2D eigenvalue weighted by Crippen LogP contribution is 2.36. The van der Waals surface area contributed by atoms with Crippen molar-refractivity contribution >= 4 is 6.09 Å². The minimum absolute atomic E-state index is 0.136. The number of nitrogens with zero attached hydrogens (tertiary/aromatic N) is 1. The molecule has 1 N–H and O–H groups in total. The van der Waals surface area contributed by atoms with Gasteiger partial charge in [0, 0.05) is 18.5 Å². The SMILES string of the molecule is CCC1CCN(C(=O)OC(C)(C)C)C(C2CCCCCC2O)C1. The lowest BCUT2D eigenvalue weighted by Crippen LogP contribution is -2.53. The van der Waals surface area contributed by atoms with Crippen LogP contribution in [0, 0.1) is 11.8 Å². The lowest BCUT2D eigenvalue weighted by atomic mass is 9.79. The number of likely N-dealkylation sites (tertiary alicyclic amines) is 1. The van der Waals surface area contributed by atoms with Gasteiger partial charge in [0.15, 0.2) is 0 Å². The van der Waals surface area contributed by atoms with Crippen LogP contribution in [0.5, 0.6) is 0 Å². The number of rotatable bonds is 2. The topological polar surface area (TPSA) is 49.8 Å². The predicted molar refractivity (Wildman–Crippen MR) is 92.3 cm³/mol. The van der Waals surface area contributed by atoms with Crippen LogP contribution >= 0.6 is 0 Å². The van der Waals surface area contributed by atoms with Crippen molar-refractivity contribution in [2.45, 2.75) is 96.8 Å². The minimum Gasteiger partial charge on any atom is -0.444 e. The van der Waals surface area contributed by atoms with Crippen molar-refractivity contribution in [2.75, 3.05) is 6.54 Å². The normalized spacial score (nSPS) is 33.2. The summed E-state index contributed by atoms with van der Waals surface area (Å²) in [5.41, 5.74) is -0.467. The second kappa shape index (κ2) is 7.87. The molecular formula is C19H35NO3. The number of amides is 1. The third-order valence-electron chi connectivity index (χ3n) is 5.48. The Kier molecular flexibility index (Phi) is 6.35. The molecule has 0 aromatic heterocycles. The van der Waals surface area contributed by atoms with Crippen molar-refractivity contribution in [1.82, 2.24) is 4.90 Å². The van der Waals surface area contributed by atoms with Gasteiger partial charge in [-0.1, -0.05) is 32.6 Å². The fourth-order valence-electron chi connectivity index (χ4n) is 4.16. The second-order valence-electron chi connectivity index (χ2n) is 8.41.